The zero-order valence-electron chi connectivity index (χ0n) is 10.5. The first kappa shape index (κ1) is 13.4. The van der Waals surface area contributed by atoms with Gasteiger partial charge in [-0.1, -0.05) is 0 Å². The summed E-state index contributed by atoms with van der Waals surface area (Å²) in [6.45, 7) is 3.78. The number of hydrogen-bond donors (Lipinski definition) is 1. The minimum Gasteiger partial charge on any atom is -0.377 e. The summed E-state index contributed by atoms with van der Waals surface area (Å²) in [4.78, 5) is 0. The van der Waals surface area contributed by atoms with Crippen LogP contribution in [0.25, 0.3) is 0 Å². The first-order chi connectivity index (χ1) is 8.66. The van der Waals surface area contributed by atoms with Crippen LogP contribution >= 0.6 is 0 Å². The summed E-state index contributed by atoms with van der Waals surface area (Å²) in [5, 5.41) is 7.26. The lowest BCUT2D eigenvalue weighted by Crippen LogP contribution is -2.26. The van der Waals surface area contributed by atoms with Crippen molar-refractivity contribution in [2.24, 2.45) is 0 Å². The maximum atomic E-state index is 12.3. The summed E-state index contributed by atoms with van der Waals surface area (Å²) >= 11 is 0. The molecule has 1 saturated heterocycles. The highest BCUT2D eigenvalue weighted by molar-refractivity contribution is 5.15. The van der Waals surface area contributed by atoms with Gasteiger partial charge in [0.15, 0.2) is 0 Å². The molecule has 1 N–H and O–H groups in total. The monoisotopic (exact) mass is 259 g/mol. The fraction of sp³-hybridized carbons (Fsp3) is 0.750. The van der Waals surface area contributed by atoms with Gasteiger partial charge in [-0.2, -0.15) is 5.10 Å². The van der Waals surface area contributed by atoms with Crippen molar-refractivity contribution < 1.29 is 13.5 Å². The third-order valence-corrected chi connectivity index (χ3v) is 3.23. The number of nitrogens with zero attached hydrogens (tertiary/aromatic N) is 2. The van der Waals surface area contributed by atoms with Gasteiger partial charge in [0.2, 0.25) is 0 Å². The van der Waals surface area contributed by atoms with Gasteiger partial charge in [-0.15, -0.1) is 0 Å². The van der Waals surface area contributed by atoms with Crippen LogP contribution in [0.5, 0.6) is 0 Å². The van der Waals surface area contributed by atoms with Gasteiger partial charge in [0.1, 0.15) is 6.54 Å². The van der Waals surface area contributed by atoms with Crippen LogP contribution in [-0.2, 0) is 17.8 Å². The Hall–Kier alpha value is -1.01. The van der Waals surface area contributed by atoms with Crippen molar-refractivity contribution in [3.8, 4) is 0 Å². The van der Waals surface area contributed by atoms with Crippen molar-refractivity contribution in [2.45, 2.75) is 45.4 Å². The predicted molar refractivity (Wildman–Crippen MR) is 63.6 cm³/mol. The van der Waals surface area contributed by atoms with Gasteiger partial charge in [0.25, 0.3) is 6.43 Å². The zero-order chi connectivity index (χ0) is 13.0. The highest BCUT2D eigenvalue weighted by Crippen LogP contribution is 2.12. The van der Waals surface area contributed by atoms with Gasteiger partial charge in [-0.25, -0.2) is 8.78 Å². The maximum absolute atomic E-state index is 12.3. The quantitative estimate of drug-likeness (QED) is 0.845. The third kappa shape index (κ3) is 3.49. The maximum Gasteiger partial charge on any atom is 0.257 e. The van der Waals surface area contributed by atoms with E-state index in [1.807, 2.05) is 6.92 Å². The van der Waals surface area contributed by atoms with Crippen LogP contribution in [0.3, 0.4) is 0 Å². The first-order valence-corrected chi connectivity index (χ1v) is 6.28. The molecule has 1 fully saturated rings. The minimum atomic E-state index is -2.36. The first-order valence-electron chi connectivity index (χ1n) is 6.28. The van der Waals surface area contributed by atoms with Crippen LogP contribution in [0.4, 0.5) is 8.78 Å². The smallest absolute Gasteiger partial charge is 0.257 e. The summed E-state index contributed by atoms with van der Waals surface area (Å²) in [5.41, 5.74) is 1.77. The number of nitrogens with one attached hydrogen (secondary N) is 1. The molecule has 4 nitrogen and oxygen atoms in total. The lowest BCUT2D eigenvalue weighted by Gasteiger charge is -2.10. The van der Waals surface area contributed by atoms with E-state index in [9.17, 15) is 8.78 Å². The fourth-order valence-electron chi connectivity index (χ4n) is 2.15. The van der Waals surface area contributed by atoms with Crippen LogP contribution in [0.15, 0.2) is 6.20 Å². The molecular weight excluding hydrogens is 240 g/mol. The lowest BCUT2D eigenvalue weighted by atomic mass is 10.2. The molecular formula is C12H19F2N3O. The van der Waals surface area contributed by atoms with Gasteiger partial charge in [0.05, 0.1) is 12.3 Å². The molecule has 0 amide bonds. The zero-order valence-corrected chi connectivity index (χ0v) is 10.5. The predicted octanol–water partition coefficient (Wildman–Crippen LogP) is 1.73. The highest BCUT2D eigenvalue weighted by atomic mass is 19.3. The van der Waals surface area contributed by atoms with E-state index < -0.39 is 6.43 Å². The Morgan fingerprint density at radius 1 is 1.61 bits per heavy atom. The number of halogens is 2. The molecule has 0 aromatic carbocycles. The van der Waals surface area contributed by atoms with Crippen molar-refractivity contribution >= 4 is 0 Å². The molecule has 1 aromatic heterocycles. The fourth-order valence-corrected chi connectivity index (χ4v) is 2.15. The van der Waals surface area contributed by atoms with Gasteiger partial charge in [0, 0.05) is 31.0 Å². The molecule has 0 bridgehead atoms. The van der Waals surface area contributed by atoms with E-state index in [1.165, 1.54) is 4.68 Å². The number of ether oxygens (including phenoxy) is 1. The molecule has 2 rings (SSSR count). The molecule has 0 radical (unpaired) electrons. The summed E-state index contributed by atoms with van der Waals surface area (Å²) in [5.74, 6) is 0. The molecule has 0 unspecified atom stereocenters. The minimum absolute atomic E-state index is 0.293. The van der Waals surface area contributed by atoms with Crippen LogP contribution < -0.4 is 5.32 Å². The topological polar surface area (TPSA) is 39.1 Å². The van der Waals surface area contributed by atoms with E-state index >= 15 is 0 Å². The van der Waals surface area contributed by atoms with Crippen molar-refractivity contribution in [1.82, 2.24) is 15.1 Å². The highest BCUT2D eigenvalue weighted by Gasteiger charge is 2.15. The lowest BCUT2D eigenvalue weighted by molar-refractivity contribution is 0.110. The Morgan fingerprint density at radius 3 is 3.11 bits per heavy atom. The van der Waals surface area contributed by atoms with E-state index in [2.05, 4.69) is 10.4 Å². The summed E-state index contributed by atoms with van der Waals surface area (Å²) in [7, 11) is 0. The van der Waals surface area contributed by atoms with Crippen LogP contribution in [0.2, 0.25) is 0 Å². The van der Waals surface area contributed by atoms with Crippen molar-refractivity contribution in [1.29, 1.82) is 0 Å². The van der Waals surface area contributed by atoms with Crippen molar-refractivity contribution in [2.75, 3.05) is 13.2 Å². The number of aromatic nitrogens is 2. The molecule has 6 heteroatoms. The SMILES string of the molecule is Cc1c(CNC[C@H]2CCCO2)cnn1CC(F)F. The van der Waals surface area contributed by atoms with E-state index in [-0.39, 0.29) is 6.54 Å². The Labute approximate surface area is 105 Å². The van der Waals surface area contributed by atoms with E-state index in [1.54, 1.807) is 6.20 Å². The van der Waals surface area contributed by atoms with Gasteiger partial charge in [-0.05, 0) is 19.8 Å². The van der Waals surface area contributed by atoms with Gasteiger partial charge < -0.3 is 10.1 Å². The molecule has 1 aliphatic heterocycles. The number of hydrogen-bond acceptors (Lipinski definition) is 3. The van der Waals surface area contributed by atoms with E-state index in [0.717, 1.165) is 37.3 Å². The van der Waals surface area contributed by atoms with Crippen molar-refractivity contribution in [3.05, 3.63) is 17.5 Å². The van der Waals surface area contributed by atoms with Crippen LogP contribution in [-0.4, -0.2) is 35.5 Å². The van der Waals surface area contributed by atoms with Crippen molar-refractivity contribution in [3.63, 3.8) is 0 Å². The summed E-state index contributed by atoms with van der Waals surface area (Å²) in [6.07, 6.45) is 1.80. The molecule has 2 heterocycles. The Kier molecular flexibility index (Phi) is 4.66. The third-order valence-electron chi connectivity index (χ3n) is 3.23. The average molecular weight is 259 g/mol. The van der Waals surface area contributed by atoms with Gasteiger partial charge in [-0.3, -0.25) is 4.68 Å². The second-order valence-corrected chi connectivity index (χ2v) is 4.59. The number of alkyl halides is 2. The molecule has 18 heavy (non-hydrogen) atoms. The van der Waals surface area contributed by atoms with Crippen LogP contribution in [0, 0.1) is 6.92 Å². The molecule has 0 saturated carbocycles. The molecule has 102 valence electrons. The second kappa shape index (κ2) is 6.24. The van der Waals surface area contributed by atoms with E-state index in [0.29, 0.717) is 12.6 Å². The van der Waals surface area contributed by atoms with Gasteiger partial charge >= 0.3 is 0 Å². The Morgan fingerprint density at radius 2 is 2.44 bits per heavy atom. The largest absolute Gasteiger partial charge is 0.377 e. The normalized spacial score (nSPS) is 19.9. The average Bonchev–Trinajstić information content (AvgIpc) is 2.93. The van der Waals surface area contributed by atoms with Crippen LogP contribution in [0.1, 0.15) is 24.1 Å². The molecule has 0 aliphatic carbocycles. The molecule has 1 aromatic rings. The summed E-state index contributed by atoms with van der Waals surface area (Å²) in [6, 6.07) is 0. The molecule has 0 spiro atoms. The van der Waals surface area contributed by atoms with E-state index in [4.69, 9.17) is 4.74 Å². The Bertz CT molecular complexity index is 375. The Balaban J connectivity index is 1.80. The molecule has 1 atom stereocenters. The second-order valence-electron chi connectivity index (χ2n) is 4.59. The summed E-state index contributed by atoms with van der Waals surface area (Å²) < 4.78 is 31.4. The standard InChI is InChI=1S/C12H19F2N3O/c1-9-10(6-16-17(9)8-12(13)14)5-15-7-11-3-2-4-18-11/h6,11-12,15H,2-5,7-8H2,1H3/t11-/m1/s1. The molecule has 1 aliphatic rings. The number of rotatable bonds is 6.